The summed E-state index contributed by atoms with van der Waals surface area (Å²) in [6, 6.07) is 0. The molecule has 0 nitrogen and oxygen atoms in total. The van der Waals surface area contributed by atoms with E-state index in [4.69, 9.17) is 0 Å². The third kappa shape index (κ3) is 3.02. The number of hydrogen-bond acceptors (Lipinski definition) is 0. The molecule has 2 atom stereocenters. The highest BCUT2D eigenvalue weighted by Gasteiger charge is 2.37. The molecule has 2 fully saturated rings. The van der Waals surface area contributed by atoms with Gasteiger partial charge in [-0.1, -0.05) is 53.4 Å². The van der Waals surface area contributed by atoms with Crippen LogP contribution in [0, 0.1) is 22.7 Å². The smallest absolute Gasteiger partial charge is 0.0346 e. The van der Waals surface area contributed by atoms with E-state index in [1.54, 1.807) is 0 Å². The lowest BCUT2D eigenvalue weighted by molar-refractivity contribution is 0.0657. The van der Waals surface area contributed by atoms with Gasteiger partial charge in [-0.3, -0.25) is 0 Å². The molecule has 94 valence electrons. The quantitative estimate of drug-likeness (QED) is 0.513. The molecule has 2 saturated carbocycles. The van der Waals surface area contributed by atoms with Crippen LogP contribution in [-0.4, -0.2) is 0 Å². The van der Waals surface area contributed by atoms with E-state index in [1.165, 1.54) is 51.4 Å². The van der Waals surface area contributed by atoms with E-state index in [2.05, 4.69) is 27.7 Å². The molecule has 0 aromatic heterocycles. The molecule has 0 saturated heterocycles. The van der Waals surface area contributed by atoms with Crippen molar-refractivity contribution in [3.63, 3.8) is 0 Å². The lowest BCUT2D eigenvalue weighted by Gasteiger charge is -2.45. The van der Waals surface area contributed by atoms with E-state index < -0.39 is 0 Å². The van der Waals surface area contributed by atoms with Crippen LogP contribution in [0.1, 0.15) is 79.1 Å². The number of rotatable bonds is 0. The Hall–Kier alpha value is 0. The second-order valence-electron chi connectivity index (χ2n) is 8.05. The van der Waals surface area contributed by atoms with Gasteiger partial charge in [0.05, 0.1) is 0 Å². The molecule has 0 amide bonds. The fourth-order valence-corrected chi connectivity index (χ4v) is 4.68. The van der Waals surface area contributed by atoms with E-state index in [-0.39, 0.29) is 0 Å². The van der Waals surface area contributed by atoms with Crippen molar-refractivity contribution in [1.82, 2.24) is 0 Å². The summed E-state index contributed by atoms with van der Waals surface area (Å²) in [4.78, 5) is 0. The first kappa shape index (κ1) is 12.5. The predicted octanol–water partition coefficient (Wildman–Crippen LogP) is 5.42. The molecule has 2 aliphatic rings. The molecular formula is C16H30. The van der Waals surface area contributed by atoms with Crippen LogP contribution in [0.2, 0.25) is 0 Å². The van der Waals surface area contributed by atoms with Crippen molar-refractivity contribution in [3.05, 3.63) is 0 Å². The molecule has 2 unspecified atom stereocenters. The van der Waals surface area contributed by atoms with Crippen molar-refractivity contribution in [2.45, 2.75) is 79.1 Å². The first-order chi connectivity index (χ1) is 7.38. The zero-order chi connectivity index (χ0) is 11.8. The molecule has 0 bridgehead atoms. The predicted molar refractivity (Wildman–Crippen MR) is 71.5 cm³/mol. The second-order valence-corrected chi connectivity index (χ2v) is 8.05. The van der Waals surface area contributed by atoms with Gasteiger partial charge in [0.15, 0.2) is 0 Å². The van der Waals surface area contributed by atoms with Crippen molar-refractivity contribution >= 4 is 0 Å². The molecule has 0 radical (unpaired) electrons. The third-order valence-electron chi connectivity index (χ3n) is 5.03. The molecule has 0 N–H and O–H groups in total. The van der Waals surface area contributed by atoms with Gasteiger partial charge >= 0.3 is 0 Å². The minimum Gasteiger partial charge on any atom is -0.0599 e. The van der Waals surface area contributed by atoms with E-state index in [0.29, 0.717) is 10.8 Å². The monoisotopic (exact) mass is 222 g/mol. The maximum absolute atomic E-state index is 2.51. The Morgan fingerprint density at radius 3 is 2.06 bits per heavy atom. The van der Waals surface area contributed by atoms with Crippen LogP contribution < -0.4 is 0 Å². The Morgan fingerprint density at radius 2 is 1.38 bits per heavy atom. The maximum Gasteiger partial charge on any atom is -0.0346 e. The number of fused-ring (bicyclic) bond motifs is 1. The Morgan fingerprint density at radius 1 is 0.750 bits per heavy atom. The minimum absolute atomic E-state index is 0.574. The molecule has 2 aliphatic carbocycles. The van der Waals surface area contributed by atoms with Crippen LogP contribution in [-0.2, 0) is 0 Å². The standard InChI is InChI=1S/C16H30/c1-15(2)10-9-13-7-5-6-8-14(13)11-16(3,4)12-15/h13-14H,5-12H2,1-4H3. The summed E-state index contributed by atoms with van der Waals surface area (Å²) < 4.78 is 0. The van der Waals surface area contributed by atoms with Crippen LogP contribution in [0.4, 0.5) is 0 Å². The zero-order valence-corrected chi connectivity index (χ0v) is 11.8. The Bertz CT molecular complexity index is 236. The van der Waals surface area contributed by atoms with Gasteiger partial charge in [-0.2, -0.15) is 0 Å². The highest BCUT2D eigenvalue weighted by Crippen LogP contribution is 2.49. The third-order valence-corrected chi connectivity index (χ3v) is 5.03. The van der Waals surface area contributed by atoms with Gasteiger partial charge in [0, 0.05) is 0 Å². The Labute approximate surface area is 102 Å². The average Bonchev–Trinajstić information content (AvgIpc) is 2.12. The molecule has 2 rings (SSSR count). The molecule has 0 aliphatic heterocycles. The van der Waals surface area contributed by atoms with Crippen molar-refractivity contribution in [3.8, 4) is 0 Å². The summed E-state index contributed by atoms with van der Waals surface area (Å²) in [7, 11) is 0. The maximum atomic E-state index is 2.51. The van der Waals surface area contributed by atoms with Crippen LogP contribution >= 0.6 is 0 Å². The highest BCUT2D eigenvalue weighted by atomic mass is 14.4. The van der Waals surface area contributed by atoms with Crippen LogP contribution in [0.3, 0.4) is 0 Å². The summed E-state index contributed by atoms with van der Waals surface area (Å²) in [5, 5.41) is 0. The number of hydrogen-bond donors (Lipinski definition) is 0. The SMILES string of the molecule is CC1(C)CCC2CCCCC2CC(C)(C)C1. The van der Waals surface area contributed by atoms with Crippen LogP contribution in [0.5, 0.6) is 0 Å². The van der Waals surface area contributed by atoms with Crippen LogP contribution in [0.15, 0.2) is 0 Å². The van der Waals surface area contributed by atoms with Gasteiger partial charge in [0.1, 0.15) is 0 Å². The van der Waals surface area contributed by atoms with Gasteiger partial charge in [-0.15, -0.1) is 0 Å². The molecule has 0 spiro atoms. The fourth-order valence-electron chi connectivity index (χ4n) is 4.68. The first-order valence-electron chi connectivity index (χ1n) is 7.38. The second kappa shape index (κ2) is 4.35. The van der Waals surface area contributed by atoms with Crippen molar-refractivity contribution < 1.29 is 0 Å². The van der Waals surface area contributed by atoms with Crippen molar-refractivity contribution in [1.29, 1.82) is 0 Å². The largest absolute Gasteiger partial charge is 0.0599 e. The summed E-state index contributed by atoms with van der Waals surface area (Å²) in [6.07, 6.45) is 11.9. The van der Waals surface area contributed by atoms with E-state index >= 15 is 0 Å². The Balaban J connectivity index is 2.10. The van der Waals surface area contributed by atoms with Crippen molar-refractivity contribution in [2.24, 2.45) is 22.7 Å². The lowest BCUT2D eigenvalue weighted by Crippen LogP contribution is -2.33. The van der Waals surface area contributed by atoms with E-state index in [9.17, 15) is 0 Å². The summed E-state index contributed by atoms with van der Waals surface area (Å²) in [5.41, 5.74) is 1.15. The van der Waals surface area contributed by atoms with Gasteiger partial charge in [-0.05, 0) is 48.3 Å². The normalized spacial score (nSPS) is 38.2. The zero-order valence-electron chi connectivity index (χ0n) is 11.8. The molecule has 16 heavy (non-hydrogen) atoms. The van der Waals surface area contributed by atoms with E-state index in [1.807, 2.05) is 0 Å². The lowest BCUT2D eigenvalue weighted by atomic mass is 9.61. The molecular weight excluding hydrogens is 192 g/mol. The first-order valence-corrected chi connectivity index (χ1v) is 7.38. The van der Waals surface area contributed by atoms with Gasteiger partial charge in [-0.25, -0.2) is 0 Å². The average molecular weight is 222 g/mol. The molecule has 0 aromatic carbocycles. The molecule has 0 aromatic rings. The van der Waals surface area contributed by atoms with E-state index in [0.717, 1.165) is 11.8 Å². The molecule has 0 heteroatoms. The Kier molecular flexibility index (Phi) is 3.39. The molecule has 0 heterocycles. The van der Waals surface area contributed by atoms with Gasteiger partial charge in [0.25, 0.3) is 0 Å². The topological polar surface area (TPSA) is 0 Å². The van der Waals surface area contributed by atoms with Gasteiger partial charge < -0.3 is 0 Å². The highest BCUT2D eigenvalue weighted by molar-refractivity contribution is 4.88. The van der Waals surface area contributed by atoms with Crippen molar-refractivity contribution in [2.75, 3.05) is 0 Å². The fraction of sp³-hybridized carbons (Fsp3) is 1.00. The summed E-state index contributed by atoms with van der Waals surface area (Å²) in [6.45, 7) is 9.98. The van der Waals surface area contributed by atoms with Gasteiger partial charge in [0.2, 0.25) is 0 Å². The minimum atomic E-state index is 0.574. The summed E-state index contributed by atoms with van der Waals surface area (Å²) in [5.74, 6) is 2.12. The van der Waals surface area contributed by atoms with Crippen LogP contribution in [0.25, 0.3) is 0 Å². The summed E-state index contributed by atoms with van der Waals surface area (Å²) >= 11 is 0.